The maximum atomic E-state index is 4.09. The molecule has 0 aliphatic heterocycles. The summed E-state index contributed by atoms with van der Waals surface area (Å²) in [6.07, 6.45) is 1.83. The highest BCUT2D eigenvalue weighted by Gasteiger charge is 1.93. The van der Waals surface area contributed by atoms with Crippen LogP contribution in [0.15, 0.2) is 16.9 Å². The van der Waals surface area contributed by atoms with Gasteiger partial charge in [-0.2, -0.15) is 0 Å². The molecule has 0 amide bonds. The van der Waals surface area contributed by atoms with Crippen LogP contribution in [0, 0.1) is 10.5 Å². The fourth-order valence-corrected chi connectivity index (χ4v) is 1.35. The molecule has 0 bridgehead atoms. The molecule has 1 aromatic heterocycles. The third-order valence-corrected chi connectivity index (χ3v) is 2.40. The Morgan fingerprint density at radius 1 is 1.67 bits per heavy atom. The van der Waals surface area contributed by atoms with E-state index in [0.29, 0.717) is 0 Å². The molecule has 0 N–H and O–H groups in total. The molecule has 0 fully saturated rings. The van der Waals surface area contributed by atoms with Crippen LogP contribution in [0.3, 0.4) is 0 Å². The van der Waals surface area contributed by atoms with Crippen molar-refractivity contribution in [2.24, 2.45) is 0 Å². The average molecular weight is 298 g/mol. The molecule has 48 valence electrons. The lowest BCUT2D eigenvalue weighted by atomic mass is 10.3. The lowest BCUT2D eigenvalue weighted by Gasteiger charge is -1.94. The second kappa shape index (κ2) is 2.96. The SMILES string of the molecule is Cc1cc(I)cnc1Br. The summed E-state index contributed by atoms with van der Waals surface area (Å²) in [4.78, 5) is 4.09. The van der Waals surface area contributed by atoms with Crippen molar-refractivity contribution < 1.29 is 0 Å². The van der Waals surface area contributed by atoms with Crippen LogP contribution in [0.5, 0.6) is 0 Å². The minimum atomic E-state index is 0.933. The van der Waals surface area contributed by atoms with E-state index in [-0.39, 0.29) is 0 Å². The average Bonchev–Trinajstić information content (AvgIpc) is 1.80. The van der Waals surface area contributed by atoms with Crippen LogP contribution in [0.1, 0.15) is 5.56 Å². The van der Waals surface area contributed by atoms with E-state index in [1.807, 2.05) is 13.1 Å². The van der Waals surface area contributed by atoms with Crippen molar-refractivity contribution in [1.29, 1.82) is 0 Å². The van der Waals surface area contributed by atoms with E-state index in [1.165, 1.54) is 9.13 Å². The van der Waals surface area contributed by atoms with Gasteiger partial charge in [-0.15, -0.1) is 0 Å². The summed E-state index contributed by atoms with van der Waals surface area (Å²) < 4.78 is 2.11. The molecule has 1 rings (SSSR count). The van der Waals surface area contributed by atoms with Crippen LogP contribution >= 0.6 is 38.5 Å². The van der Waals surface area contributed by atoms with Gasteiger partial charge in [-0.05, 0) is 57.1 Å². The number of aryl methyl sites for hydroxylation is 1. The molecule has 1 aromatic rings. The Morgan fingerprint density at radius 2 is 2.33 bits per heavy atom. The second-order valence-corrected chi connectivity index (χ2v) is 3.76. The topological polar surface area (TPSA) is 12.9 Å². The summed E-state index contributed by atoms with van der Waals surface area (Å²) in [5.74, 6) is 0. The molecule has 0 spiro atoms. The van der Waals surface area contributed by atoms with Crippen molar-refractivity contribution in [1.82, 2.24) is 4.98 Å². The van der Waals surface area contributed by atoms with Crippen molar-refractivity contribution in [3.05, 3.63) is 26.0 Å². The van der Waals surface area contributed by atoms with E-state index in [0.717, 1.165) is 4.60 Å². The molecule has 1 heterocycles. The molecule has 0 saturated heterocycles. The molecule has 0 aliphatic rings. The highest BCUT2D eigenvalue weighted by Crippen LogP contribution is 2.14. The summed E-state index contributed by atoms with van der Waals surface area (Å²) >= 11 is 5.55. The van der Waals surface area contributed by atoms with Crippen LogP contribution in [0.2, 0.25) is 0 Å². The summed E-state index contributed by atoms with van der Waals surface area (Å²) in [5, 5.41) is 0. The Hall–Kier alpha value is 0.360. The van der Waals surface area contributed by atoms with E-state index in [9.17, 15) is 0 Å². The highest BCUT2D eigenvalue weighted by atomic mass is 127. The number of pyridine rings is 1. The van der Waals surface area contributed by atoms with Crippen molar-refractivity contribution in [3.8, 4) is 0 Å². The predicted octanol–water partition coefficient (Wildman–Crippen LogP) is 2.76. The van der Waals surface area contributed by atoms with Crippen molar-refractivity contribution >= 4 is 38.5 Å². The minimum absolute atomic E-state index is 0.933. The number of halogens is 2. The standard InChI is InChI=1S/C6H5BrIN/c1-4-2-5(8)3-9-6(4)7/h2-3H,1H3. The normalized spacial score (nSPS) is 9.67. The van der Waals surface area contributed by atoms with Gasteiger partial charge in [0.2, 0.25) is 0 Å². The summed E-state index contributed by atoms with van der Waals surface area (Å²) in [5.41, 5.74) is 1.18. The van der Waals surface area contributed by atoms with E-state index in [4.69, 9.17) is 0 Å². The van der Waals surface area contributed by atoms with Crippen LogP contribution in [-0.4, -0.2) is 4.98 Å². The highest BCUT2D eigenvalue weighted by molar-refractivity contribution is 14.1. The predicted molar refractivity (Wildman–Crippen MR) is 49.4 cm³/mol. The summed E-state index contributed by atoms with van der Waals surface area (Å²) in [6, 6.07) is 2.08. The smallest absolute Gasteiger partial charge is 0.109 e. The molecule has 1 nitrogen and oxygen atoms in total. The van der Waals surface area contributed by atoms with Gasteiger partial charge in [0.15, 0.2) is 0 Å². The molecule has 3 heteroatoms. The van der Waals surface area contributed by atoms with Crippen LogP contribution in [-0.2, 0) is 0 Å². The molecule has 0 unspecified atom stereocenters. The molecule has 0 aromatic carbocycles. The van der Waals surface area contributed by atoms with Gasteiger partial charge < -0.3 is 0 Å². The van der Waals surface area contributed by atoms with Crippen molar-refractivity contribution in [2.75, 3.05) is 0 Å². The van der Waals surface area contributed by atoms with Crippen LogP contribution < -0.4 is 0 Å². The second-order valence-electron chi connectivity index (χ2n) is 1.76. The van der Waals surface area contributed by atoms with E-state index in [2.05, 4.69) is 49.6 Å². The summed E-state index contributed by atoms with van der Waals surface area (Å²) in [7, 11) is 0. The number of aromatic nitrogens is 1. The van der Waals surface area contributed by atoms with Gasteiger partial charge in [-0.25, -0.2) is 4.98 Å². The molecular formula is C6H5BrIN. The fourth-order valence-electron chi connectivity index (χ4n) is 0.524. The molecule has 0 aliphatic carbocycles. The van der Waals surface area contributed by atoms with Gasteiger partial charge in [0.1, 0.15) is 4.60 Å². The number of hydrogen-bond donors (Lipinski definition) is 0. The van der Waals surface area contributed by atoms with Gasteiger partial charge in [0, 0.05) is 9.77 Å². The quantitative estimate of drug-likeness (QED) is 0.530. The Morgan fingerprint density at radius 3 is 2.78 bits per heavy atom. The lowest BCUT2D eigenvalue weighted by molar-refractivity contribution is 1.20. The Balaban J connectivity index is 3.17. The van der Waals surface area contributed by atoms with Crippen molar-refractivity contribution in [2.45, 2.75) is 6.92 Å². The fraction of sp³-hybridized carbons (Fsp3) is 0.167. The third-order valence-electron chi connectivity index (χ3n) is 0.981. The number of hydrogen-bond acceptors (Lipinski definition) is 1. The van der Waals surface area contributed by atoms with E-state index >= 15 is 0 Å². The first-order valence-corrected chi connectivity index (χ1v) is 4.35. The molecule has 9 heavy (non-hydrogen) atoms. The zero-order valence-corrected chi connectivity index (χ0v) is 8.60. The largest absolute Gasteiger partial charge is 0.248 e. The first-order valence-electron chi connectivity index (χ1n) is 2.48. The van der Waals surface area contributed by atoms with E-state index < -0.39 is 0 Å². The first-order chi connectivity index (χ1) is 4.20. The number of nitrogens with zero attached hydrogens (tertiary/aromatic N) is 1. The lowest BCUT2D eigenvalue weighted by Crippen LogP contribution is -1.81. The zero-order valence-electron chi connectivity index (χ0n) is 4.86. The maximum absolute atomic E-state index is 4.09. The molecule has 0 atom stereocenters. The molecule has 0 radical (unpaired) electrons. The summed E-state index contributed by atoms with van der Waals surface area (Å²) in [6.45, 7) is 2.03. The van der Waals surface area contributed by atoms with Gasteiger partial charge in [-0.1, -0.05) is 0 Å². The Bertz CT molecular complexity index is 224. The maximum Gasteiger partial charge on any atom is 0.109 e. The van der Waals surface area contributed by atoms with Gasteiger partial charge in [0.25, 0.3) is 0 Å². The minimum Gasteiger partial charge on any atom is -0.248 e. The Kier molecular flexibility index (Phi) is 2.46. The molecular weight excluding hydrogens is 293 g/mol. The zero-order chi connectivity index (χ0) is 6.85. The number of rotatable bonds is 0. The van der Waals surface area contributed by atoms with Crippen LogP contribution in [0.4, 0.5) is 0 Å². The Labute approximate surface area is 76.1 Å². The van der Waals surface area contributed by atoms with Gasteiger partial charge in [-0.3, -0.25) is 0 Å². The molecule has 0 saturated carbocycles. The van der Waals surface area contributed by atoms with Crippen molar-refractivity contribution in [3.63, 3.8) is 0 Å². The van der Waals surface area contributed by atoms with E-state index in [1.54, 1.807) is 0 Å². The van der Waals surface area contributed by atoms with Gasteiger partial charge in [0.05, 0.1) is 0 Å². The first kappa shape index (κ1) is 7.47. The monoisotopic (exact) mass is 297 g/mol. The van der Waals surface area contributed by atoms with Gasteiger partial charge >= 0.3 is 0 Å². The third kappa shape index (κ3) is 1.89. The van der Waals surface area contributed by atoms with Crippen LogP contribution in [0.25, 0.3) is 0 Å².